The summed E-state index contributed by atoms with van der Waals surface area (Å²) >= 11 is 0. The summed E-state index contributed by atoms with van der Waals surface area (Å²) in [6.45, 7) is 9.97. The third-order valence-corrected chi connectivity index (χ3v) is 9.04. The highest BCUT2D eigenvalue weighted by Gasteiger charge is 2.58. The molecule has 4 rings (SSSR count). The fraction of sp³-hybridized carbons (Fsp3) is 0.583. The molecule has 258 valence electrons. The zero-order chi connectivity index (χ0) is 34.1. The lowest BCUT2D eigenvalue weighted by atomic mass is 9.87. The van der Waals surface area contributed by atoms with Crippen molar-refractivity contribution in [1.82, 2.24) is 10.6 Å². The third kappa shape index (κ3) is 10.8. The van der Waals surface area contributed by atoms with Crippen LogP contribution in [0.5, 0.6) is 0 Å². The number of carbonyl (C=O) groups excluding carboxylic acids is 3. The highest BCUT2D eigenvalue weighted by Crippen LogP contribution is 2.43. The Morgan fingerprint density at radius 3 is 2.64 bits per heavy atom. The van der Waals surface area contributed by atoms with Gasteiger partial charge in [-0.25, -0.2) is 0 Å². The number of anilines is 1. The van der Waals surface area contributed by atoms with Crippen molar-refractivity contribution in [2.75, 3.05) is 19.0 Å². The van der Waals surface area contributed by atoms with Crippen LogP contribution in [-0.4, -0.2) is 84.8 Å². The molecule has 11 heteroatoms. The Kier molecular flexibility index (Phi) is 12.8. The van der Waals surface area contributed by atoms with Gasteiger partial charge in [-0.15, -0.1) is 0 Å². The fourth-order valence-corrected chi connectivity index (χ4v) is 6.20. The maximum Gasteiger partial charge on any atom is 0.303 e. The maximum atomic E-state index is 12.8. The van der Waals surface area contributed by atoms with Crippen LogP contribution < -0.4 is 16.0 Å². The molecule has 3 saturated heterocycles. The van der Waals surface area contributed by atoms with Gasteiger partial charge in [0, 0.05) is 38.7 Å². The zero-order valence-electron chi connectivity index (χ0n) is 28.4. The van der Waals surface area contributed by atoms with E-state index in [1.165, 1.54) is 13.0 Å². The number of hydrogen-bond acceptors (Lipinski definition) is 9. The number of nitrogens with one attached hydrogen (secondary N) is 3. The molecule has 9 atom stereocenters. The van der Waals surface area contributed by atoms with Crippen LogP contribution in [0.3, 0.4) is 0 Å². The summed E-state index contributed by atoms with van der Waals surface area (Å²) in [6, 6.07) is 7.74. The fourth-order valence-electron chi connectivity index (χ4n) is 6.20. The molecule has 11 nitrogen and oxygen atoms in total. The Balaban J connectivity index is 1.25. The Morgan fingerprint density at radius 2 is 1.94 bits per heavy atom. The van der Waals surface area contributed by atoms with Crippen molar-refractivity contribution in [3.63, 3.8) is 0 Å². The van der Waals surface area contributed by atoms with Crippen LogP contribution in [0.2, 0.25) is 0 Å². The Morgan fingerprint density at radius 1 is 1.17 bits per heavy atom. The minimum atomic E-state index is -0.815. The molecule has 3 heterocycles. The predicted molar refractivity (Wildman–Crippen MR) is 178 cm³/mol. The van der Waals surface area contributed by atoms with E-state index in [2.05, 4.69) is 29.0 Å². The summed E-state index contributed by atoms with van der Waals surface area (Å²) in [7, 11) is 1.86. The van der Waals surface area contributed by atoms with Gasteiger partial charge < -0.3 is 40.0 Å². The van der Waals surface area contributed by atoms with Crippen molar-refractivity contribution in [3.05, 3.63) is 65.8 Å². The standard InChI is InChI=1S/C36H51N3O8/c1-22(10-13-31-23(2)16-30(25(4)46-31)39-33(41)15-12-24(3)45-26(5)40)11-14-32-35(43)36(21-44-36)19-29(47-32)18-34(42)38-20-27-8-7-9-28(17-27)37-6/h7-12,14-15,17,23-25,29-32,35,37,43H,13,16,18-21H2,1-6H3,(H,38,42)(H,39,41)/b14-11+,15-12-,22-10+/t23-,24?,25+,29+,30+,31-,32+,35+,36+/m0/s1. The molecule has 0 bridgehead atoms. The van der Waals surface area contributed by atoms with Gasteiger partial charge in [0.25, 0.3) is 0 Å². The first-order valence-electron chi connectivity index (χ1n) is 16.5. The normalized spacial score (nSPS) is 31.5. The summed E-state index contributed by atoms with van der Waals surface area (Å²) in [5.41, 5.74) is 2.32. The van der Waals surface area contributed by atoms with Crippen molar-refractivity contribution < 1.29 is 38.4 Å². The molecule has 0 aliphatic carbocycles. The monoisotopic (exact) mass is 653 g/mol. The molecular formula is C36H51N3O8. The summed E-state index contributed by atoms with van der Waals surface area (Å²) in [5, 5.41) is 20.1. The van der Waals surface area contributed by atoms with Gasteiger partial charge in [0.15, 0.2) is 0 Å². The first-order chi connectivity index (χ1) is 22.4. The smallest absolute Gasteiger partial charge is 0.303 e. The number of benzene rings is 1. The van der Waals surface area contributed by atoms with Crippen molar-refractivity contribution in [3.8, 4) is 0 Å². The van der Waals surface area contributed by atoms with E-state index in [1.54, 1.807) is 13.0 Å². The molecular weight excluding hydrogens is 602 g/mol. The van der Waals surface area contributed by atoms with E-state index >= 15 is 0 Å². The minimum Gasteiger partial charge on any atom is -0.459 e. The van der Waals surface area contributed by atoms with Crippen LogP contribution in [-0.2, 0) is 39.9 Å². The summed E-state index contributed by atoms with van der Waals surface area (Å²) in [5.74, 6) is -0.548. The Labute approximate surface area is 278 Å². The molecule has 0 aromatic heterocycles. The SMILES string of the molecule is CNc1cccc(CNC(=O)C[C@@H]2C[C@@]3(CO3)[C@H](O)[C@@H](/C=C/C(C)=C/C[C@@H]3O[C@H](C)[C@H](NC(=O)/C=C\C(C)OC(C)=O)C[C@@H]3C)O2)c1. The van der Waals surface area contributed by atoms with Gasteiger partial charge in [-0.05, 0) is 63.3 Å². The number of rotatable bonds is 13. The molecule has 1 aromatic carbocycles. The lowest BCUT2D eigenvalue weighted by Gasteiger charge is -2.39. The van der Waals surface area contributed by atoms with Crippen LogP contribution in [0, 0.1) is 5.92 Å². The highest BCUT2D eigenvalue weighted by atomic mass is 16.6. The van der Waals surface area contributed by atoms with Gasteiger partial charge >= 0.3 is 5.97 Å². The molecule has 3 fully saturated rings. The Hall–Kier alpha value is -3.51. The van der Waals surface area contributed by atoms with Crippen molar-refractivity contribution in [2.24, 2.45) is 5.92 Å². The lowest BCUT2D eigenvalue weighted by molar-refractivity contribution is -0.145. The van der Waals surface area contributed by atoms with E-state index in [0.29, 0.717) is 26.0 Å². The van der Waals surface area contributed by atoms with Crippen LogP contribution in [0.25, 0.3) is 0 Å². The van der Waals surface area contributed by atoms with Crippen LogP contribution in [0.15, 0.2) is 60.2 Å². The van der Waals surface area contributed by atoms with Crippen LogP contribution in [0.1, 0.15) is 65.9 Å². The summed E-state index contributed by atoms with van der Waals surface area (Å²) in [4.78, 5) is 36.3. The summed E-state index contributed by atoms with van der Waals surface area (Å²) in [6.07, 6.45) is 8.51. The zero-order valence-corrected chi connectivity index (χ0v) is 28.4. The van der Waals surface area contributed by atoms with Crippen LogP contribution >= 0.6 is 0 Å². The van der Waals surface area contributed by atoms with Gasteiger partial charge in [0.05, 0.1) is 37.4 Å². The molecule has 1 spiro atoms. The minimum absolute atomic E-state index is 0.00992. The lowest BCUT2D eigenvalue weighted by Crippen LogP contribution is -2.50. The molecule has 0 radical (unpaired) electrons. The highest BCUT2D eigenvalue weighted by molar-refractivity contribution is 5.87. The van der Waals surface area contributed by atoms with Crippen molar-refractivity contribution >= 4 is 23.5 Å². The predicted octanol–water partition coefficient (Wildman–Crippen LogP) is 3.72. The van der Waals surface area contributed by atoms with Gasteiger partial charge in [-0.3, -0.25) is 14.4 Å². The van der Waals surface area contributed by atoms with E-state index in [-0.39, 0.29) is 48.5 Å². The second kappa shape index (κ2) is 16.5. The van der Waals surface area contributed by atoms with Gasteiger partial charge in [0.2, 0.25) is 11.8 Å². The second-order valence-corrected chi connectivity index (χ2v) is 13.1. The number of epoxide rings is 1. The number of aliphatic hydroxyl groups is 1. The number of ether oxygens (including phenoxy) is 4. The maximum absolute atomic E-state index is 12.8. The first-order valence-corrected chi connectivity index (χ1v) is 16.5. The number of hydrogen-bond donors (Lipinski definition) is 4. The molecule has 3 aliphatic rings. The van der Waals surface area contributed by atoms with Gasteiger partial charge in [-0.2, -0.15) is 0 Å². The number of esters is 1. The molecule has 1 unspecified atom stereocenters. The van der Waals surface area contributed by atoms with E-state index < -0.39 is 29.9 Å². The Bertz CT molecular complexity index is 1340. The molecule has 0 saturated carbocycles. The first kappa shape index (κ1) is 36.3. The van der Waals surface area contributed by atoms with Crippen molar-refractivity contribution in [1.29, 1.82) is 0 Å². The van der Waals surface area contributed by atoms with Crippen LogP contribution in [0.4, 0.5) is 5.69 Å². The summed E-state index contributed by atoms with van der Waals surface area (Å²) < 4.78 is 23.2. The molecule has 47 heavy (non-hydrogen) atoms. The van der Waals surface area contributed by atoms with Gasteiger partial charge in [0.1, 0.15) is 23.9 Å². The average Bonchev–Trinajstić information content (AvgIpc) is 3.80. The molecule has 1 aromatic rings. The number of carbonyl (C=O) groups is 3. The topological polar surface area (TPSA) is 148 Å². The van der Waals surface area contributed by atoms with E-state index in [4.69, 9.17) is 18.9 Å². The van der Waals surface area contributed by atoms with Crippen molar-refractivity contribution in [2.45, 2.75) is 115 Å². The molecule has 3 aliphatic heterocycles. The molecule has 2 amide bonds. The third-order valence-electron chi connectivity index (χ3n) is 9.04. The average molecular weight is 654 g/mol. The number of allylic oxidation sites excluding steroid dienone is 2. The van der Waals surface area contributed by atoms with E-state index in [0.717, 1.165) is 23.2 Å². The molecule has 4 N–H and O–H groups in total. The largest absolute Gasteiger partial charge is 0.459 e. The number of aliphatic hydroxyl groups excluding tert-OH is 1. The van der Waals surface area contributed by atoms with E-state index in [1.807, 2.05) is 57.3 Å². The van der Waals surface area contributed by atoms with Gasteiger partial charge in [-0.1, -0.05) is 42.9 Å². The van der Waals surface area contributed by atoms with E-state index in [9.17, 15) is 19.5 Å². The second-order valence-electron chi connectivity index (χ2n) is 13.1. The number of amides is 2. The quantitative estimate of drug-likeness (QED) is 0.108.